The van der Waals surface area contributed by atoms with Gasteiger partial charge >= 0.3 is 0 Å². The van der Waals surface area contributed by atoms with Crippen LogP contribution in [-0.2, 0) is 12.8 Å². The quantitative estimate of drug-likeness (QED) is 0.547. The van der Waals surface area contributed by atoms with Crippen LogP contribution in [0.1, 0.15) is 22.7 Å². The van der Waals surface area contributed by atoms with Crippen molar-refractivity contribution in [1.82, 2.24) is 14.5 Å². The summed E-state index contributed by atoms with van der Waals surface area (Å²) in [4.78, 5) is 8.56. The number of rotatable bonds is 2. The maximum atomic E-state index is 14.0. The highest BCUT2D eigenvalue weighted by Crippen LogP contribution is 2.39. The van der Waals surface area contributed by atoms with Gasteiger partial charge in [-0.2, -0.15) is 5.26 Å². The molecule has 2 aromatic heterocycles. The molecular weight excluding hydrogens is 369 g/mol. The van der Waals surface area contributed by atoms with Gasteiger partial charge in [0.05, 0.1) is 10.9 Å². The zero-order chi connectivity index (χ0) is 20.1. The Morgan fingerprint density at radius 3 is 2.59 bits per heavy atom. The Bertz CT molecular complexity index is 1300. The number of hydrogen-bond acceptors (Lipinski definition) is 5. The van der Waals surface area contributed by atoms with Crippen LogP contribution in [0.4, 0.5) is 10.2 Å². The molecule has 5 rings (SSSR count). The summed E-state index contributed by atoms with van der Waals surface area (Å²) >= 11 is 0. The standard InChI is InChI=1S/C22H16FN5O/c23-20-15(9-24)5-14(8-18(20)29)17-10-28(22-19(17)21(25)26-11-27-22)16-6-12-3-1-2-4-13(12)7-16/h1-5,8,10-11,16,29H,6-7H2,(H2,25,26,27). The number of benzene rings is 2. The first kappa shape index (κ1) is 17.2. The lowest BCUT2D eigenvalue weighted by atomic mass is 10.0. The van der Waals surface area contributed by atoms with E-state index < -0.39 is 11.6 Å². The van der Waals surface area contributed by atoms with E-state index in [2.05, 4.69) is 26.7 Å². The van der Waals surface area contributed by atoms with Gasteiger partial charge in [0.25, 0.3) is 0 Å². The maximum absolute atomic E-state index is 14.0. The van der Waals surface area contributed by atoms with Gasteiger partial charge in [-0.1, -0.05) is 24.3 Å². The van der Waals surface area contributed by atoms with Gasteiger partial charge in [0.2, 0.25) is 0 Å². The number of anilines is 1. The summed E-state index contributed by atoms with van der Waals surface area (Å²) in [5.41, 5.74) is 10.3. The lowest BCUT2D eigenvalue weighted by Crippen LogP contribution is -2.08. The smallest absolute Gasteiger partial charge is 0.182 e. The number of fused-ring (bicyclic) bond motifs is 2. The molecule has 0 radical (unpaired) electrons. The molecular formula is C22H16FN5O. The predicted octanol–water partition coefficient (Wildman–Crippen LogP) is 3.74. The van der Waals surface area contributed by atoms with Crippen molar-refractivity contribution < 1.29 is 9.50 Å². The SMILES string of the molecule is N#Cc1cc(-c2cn(C3Cc4ccccc4C3)c3ncnc(N)c23)cc(O)c1F. The minimum Gasteiger partial charge on any atom is -0.505 e. The fourth-order valence-electron chi connectivity index (χ4n) is 4.18. The summed E-state index contributed by atoms with van der Waals surface area (Å²) in [6.45, 7) is 0. The zero-order valence-electron chi connectivity index (χ0n) is 15.3. The van der Waals surface area contributed by atoms with Crippen LogP contribution in [0.3, 0.4) is 0 Å². The van der Waals surface area contributed by atoms with Crippen molar-refractivity contribution in [2.75, 3.05) is 5.73 Å². The molecule has 29 heavy (non-hydrogen) atoms. The van der Waals surface area contributed by atoms with E-state index in [0.717, 1.165) is 12.8 Å². The van der Waals surface area contributed by atoms with E-state index >= 15 is 0 Å². The minimum atomic E-state index is -0.935. The van der Waals surface area contributed by atoms with Crippen molar-refractivity contribution in [3.63, 3.8) is 0 Å². The van der Waals surface area contributed by atoms with Crippen LogP contribution >= 0.6 is 0 Å². The van der Waals surface area contributed by atoms with Crippen molar-refractivity contribution >= 4 is 16.9 Å². The van der Waals surface area contributed by atoms with Crippen molar-refractivity contribution in [2.45, 2.75) is 18.9 Å². The second-order valence-corrected chi connectivity index (χ2v) is 7.21. The van der Waals surface area contributed by atoms with Gasteiger partial charge in [-0.3, -0.25) is 0 Å². The number of nitrogens with zero attached hydrogens (tertiary/aromatic N) is 4. The van der Waals surface area contributed by atoms with Crippen LogP contribution in [0.5, 0.6) is 5.75 Å². The number of nitrogen functional groups attached to an aromatic ring is 1. The van der Waals surface area contributed by atoms with Gasteiger partial charge in [0.1, 0.15) is 23.9 Å². The Hall–Kier alpha value is -3.92. The molecule has 0 amide bonds. The maximum Gasteiger partial charge on any atom is 0.182 e. The average Bonchev–Trinajstić information content (AvgIpc) is 3.32. The van der Waals surface area contributed by atoms with Gasteiger partial charge in [0.15, 0.2) is 11.6 Å². The number of phenols is 1. The molecule has 0 unspecified atom stereocenters. The molecule has 6 nitrogen and oxygen atoms in total. The number of hydrogen-bond donors (Lipinski definition) is 2. The lowest BCUT2D eigenvalue weighted by Gasteiger charge is -2.12. The molecule has 0 spiro atoms. The van der Waals surface area contributed by atoms with Gasteiger partial charge in [0, 0.05) is 17.8 Å². The van der Waals surface area contributed by atoms with Crippen molar-refractivity contribution in [3.05, 3.63) is 71.4 Å². The lowest BCUT2D eigenvalue weighted by molar-refractivity contribution is 0.432. The number of halogens is 1. The van der Waals surface area contributed by atoms with Crippen LogP contribution in [-0.4, -0.2) is 19.6 Å². The Balaban J connectivity index is 1.71. The number of nitrogens with two attached hydrogens (primary N) is 1. The first-order valence-corrected chi connectivity index (χ1v) is 9.17. The summed E-state index contributed by atoms with van der Waals surface area (Å²) in [6.07, 6.45) is 5.05. The van der Waals surface area contributed by atoms with Crippen LogP contribution in [0.2, 0.25) is 0 Å². The van der Waals surface area contributed by atoms with Crippen molar-refractivity contribution in [2.24, 2.45) is 0 Å². The number of phenolic OH excluding ortho intramolecular Hbond substituents is 1. The predicted molar refractivity (Wildman–Crippen MR) is 107 cm³/mol. The average molecular weight is 385 g/mol. The number of aromatic hydroxyl groups is 1. The molecule has 3 N–H and O–H groups in total. The zero-order valence-corrected chi connectivity index (χ0v) is 15.3. The summed E-state index contributed by atoms with van der Waals surface area (Å²) in [5.74, 6) is -1.22. The third kappa shape index (κ3) is 2.61. The normalized spacial score (nSPS) is 13.5. The first-order chi connectivity index (χ1) is 14.1. The Kier molecular flexibility index (Phi) is 3.74. The molecule has 142 valence electrons. The Morgan fingerprint density at radius 1 is 1.17 bits per heavy atom. The molecule has 0 saturated heterocycles. The number of aromatic nitrogens is 3. The van der Waals surface area contributed by atoms with E-state index in [1.54, 1.807) is 6.07 Å². The minimum absolute atomic E-state index is 0.155. The molecule has 0 aliphatic heterocycles. The molecule has 1 aliphatic rings. The van der Waals surface area contributed by atoms with Crippen molar-refractivity contribution in [1.29, 1.82) is 5.26 Å². The number of nitriles is 1. The van der Waals surface area contributed by atoms with E-state index in [0.29, 0.717) is 28.0 Å². The molecule has 0 fully saturated rings. The molecule has 2 heterocycles. The molecule has 2 aromatic carbocycles. The summed E-state index contributed by atoms with van der Waals surface area (Å²) in [6, 6.07) is 13.0. The Morgan fingerprint density at radius 2 is 1.90 bits per heavy atom. The van der Waals surface area contributed by atoms with Gasteiger partial charge in [-0.25, -0.2) is 14.4 Å². The highest BCUT2D eigenvalue weighted by atomic mass is 19.1. The second-order valence-electron chi connectivity index (χ2n) is 7.21. The van der Waals surface area contributed by atoms with E-state index in [1.165, 1.54) is 29.6 Å². The molecule has 0 bridgehead atoms. The first-order valence-electron chi connectivity index (χ1n) is 9.17. The van der Waals surface area contributed by atoms with Gasteiger partial charge in [-0.05, 0) is 41.7 Å². The van der Waals surface area contributed by atoms with E-state index in [1.807, 2.05) is 18.3 Å². The highest BCUT2D eigenvalue weighted by Gasteiger charge is 2.26. The molecule has 1 aliphatic carbocycles. The van der Waals surface area contributed by atoms with Gasteiger partial charge < -0.3 is 15.4 Å². The second kappa shape index (κ2) is 6.31. The van der Waals surface area contributed by atoms with Crippen LogP contribution in [0.15, 0.2) is 48.9 Å². The fourth-order valence-corrected chi connectivity index (χ4v) is 4.18. The van der Waals surface area contributed by atoms with Crippen LogP contribution < -0.4 is 5.73 Å². The van der Waals surface area contributed by atoms with Crippen molar-refractivity contribution in [3.8, 4) is 22.9 Å². The summed E-state index contributed by atoms with van der Waals surface area (Å²) in [5, 5.41) is 19.8. The molecule has 7 heteroatoms. The van der Waals surface area contributed by atoms with E-state index in [9.17, 15) is 14.8 Å². The van der Waals surface area contributed by atoms with E-state index in [4.69, 9.17) is 5.73 Å². The largest absolute Gasteiger partial charge is 0.505 e. The summed E-state index contributed by atoms with van der Waals surface area (Å²) < 4.78 is 16.0. The highest BCUT2D eigenvalue weighted by molar-refractivity contribution is 6.01. The van der Waals surface area contributed by atoms with Crippen LogP contribution in [0, 0.1) is 17.1 Å². The van der Waals surface area contributed by atoms with Gasteiger partial charge in [-0.15, -0.1) is 0 Å². The Labute approximate surface area is 165 Å². The third-order valence-corrected chi connectivity index (χ3v) is 5.55. The molecule has 0 saturated carbocycles. The third-order valence-electron chi connectivity index (χ3n) is 5.55. The van der Waals surface area contributed by atoms with Crippen LogP contribution in [0.25, 0.3) is 22.2 Å². The monoisotopic (exact) mass is 385 g/mol. The summed E-state index contributed by atoms with van der Waals surface area (Å²) in [7, 11) is 0. The van der Waals surface area contributed by atoms with E-state index in [-0.39, 0.29) is 11.6 Å². The topological polar surface area (TPSA) is 101 Å². The fraction of sp³-hybridized carbons (Fsp3) is 0.136. The molecule has 4 aromatic rings. The molecule has 0 atom stereocenters.